The first-order chi connectivity index (χ1) is 9.67. The first-order valence-electron chi connectivity index (χ1n) is 6.57. The Morgan fingerprint density at radius 1 is 1.40 bits per heavy atom. The van der Waals surface area contributed by atoms with Crippen molar-refractivity contribution in [2.45, 2.75) is 6.54 Å². The largest absolute Gasteiger partial charge is 0.497 e. The van der Waals surface area contributed by atoms with Crippen LogP contribution in [-0.4, -0.2) is 50.8 Å². The lowest BCUT2D eigenvalue weighted by Gasteiger charge is -2.25. The van der Waals surface area contributed by atoms with Crippen molar-refractivity contribution in [3.8, 4) is 5.75 Å². The van der Waals surface area contributed by atoms with E-state index in [0.29, 0.717) is 26.3 Å². The number of morpholine rings is 1. The summed E-state index contributed by atoms with van der Waals surface area (Å²) in [4.78, 5) is 14.0. The Morgan fingerprint density at radius 3 is 2.85 bits per heavy atom. The molecule has 1 saturated heterocycles. The highest BCUT2D eigenvalue weighted by molar-refractivity contribution is 9.10. The maximum absolute atomic E-state index is 11.9. The maximum atomic E-state index is 11.9. The lowest BCUT2D eigenvalue weighted by atomic mass is 10.2. The van der Waals surface area contributed by atoms with Crippen LogP contribution in [0.25, 0.3) is 0 Å². The van der Waals surface area contributed by atoms with E-state index in [-0.39, 0.29) is 5.91 Å². The molecular weight excluding hydrogens is 324 g/mol. The van der Waals surface area contributed by atoms with E-state index in [9.17, 15) is 4.79 Å². The molecule has 1 fully saturated rings. The summed E-state index contributed by atoms with van der Waals surface area (Å²) in [5, 5.41) is 2.93. The number of hydrogen-bond acceptors (Lipinski definition) is 4. The summed E-state index contributed by atoms with van der Waals surface area (Å²) < 4.78 is 11.4. The predicted octanol–water partition coefficient (Wildman–Crippen LogP) is 1.41. The highest BCUT2D eigenvalue weighted by atomic mass is 79.9. The van der Waals surface area contributed by atoms with Crippen LogP contribution in [0.4, 0.5) is 0 Å². The third-order valence-electron chi connectivity index (χ3n) is 3.13. The molecule has 2 rings (SSSR count). The van der Waals surface area contributed by atoms with E-state index in [2.05, 4.69) is 26.1 Å². The van der Waals surface area contributed by atoms with Gasteiger partial charge in [0.05, 0.1) is 26.9 Å². The highest BCUT2D eigenvalue weighted by Crippen LogP contribution is 2.21. The van der Waals surface area contributed by atoms with Crippen molar-refractivity contribution in [2.75, 3.05) is 40.0 Å². The quantitative estimate of drug-likeness (QED) is 0.878. The number of nitrogens with zero attached hydrogens (tertiary/aromatic N) is 1. The van der Waals surface area contributed by atoms with Gasteiger partial charge in [-0.25, -0.2) is 0 Å². The molecule has 0 atom stereocenters. The van der Waals surface area contributed by atoms with E-state index in [1.165, 1.54) is 0 Å². The molecule has 0 saturated carbocycles. The average Bonchev–Trinajstić information content (AvgIpc) is 2.45. The van der Waals surface area contributed by atoms with E-state index in [4.69, 9.17) is 9.47 Å². The van der Waals surface area contributed by atoms with Crippen molar-refractivity contribution < 1.29 is 14.3 Å². The van der Waals surface area contributed by atoms with Crippen molar-refractivity contribution in [3.05, 3.63) is 28.2 Å². The molecule has 0 bridgehead atoms. The second-order valence-electron chi connectivity index (χ2n) is 4.66. The van der Waals surface area contributed by atoms with Gasteiger partial charge < -0.3 is 14.8 Å². The number of ether oxygens (including phenoxy) is 2. The topological polar surface area (TPSA) is 50.8 Å². The minimum Gasteiger partial charge on any atom is -0.497 e. The van der Waals surface area contributed by atoms with E-state index in [0.717, 1.165) is 28.9 Å². The van der Waals surface area contributed by atoms with Gasteiger partial charge in [-0.05, 0) is 23.8 Å². The number of amides is 1. The van der Waals surface area contributed by atoms with Gasteiger partial charge >= 0.3 is 0 Å². The first kappa shape index (κ1) is 15.3. The molecule has 5 nitrogen and oxygen atoms in total. The second kappa shape index (κ2) is 7.61. The molecule has 110 valence electrons. The van der Waals surface area contributed by atoms with E-state index in [1.54, 1.807) is 7.11 Å². The van der Waals surface area contributed by atoms with Crippen molar-refractivity contribution in [3.63, 3.8) is 0 Å². The van der Waals surface area contributed by atoms with Crippen LogP contribution in [0, 0.1) is 0 Å². The molecule has 20 heavy (non-hydrogen) atoms. The molecule has 0 aromatic heterocycles. The SMILES string of the molecule is COc1cc(Br)cc(CNC(=O)CN2CCOCC2)c1. The molecule has 1 N–H and O–H groups in total. The van der Waals surface area contributed by atoms with Crippen molar-refractivity contribution in [1.82, 2.24) is 10.2 Å². The molecule has 0 radical (unpaired) electrons. The van der Waals surface area contributed by atoms with Gasteiger partial charge in [-0.15, -0.1) is 0 Å². The molecular formula is C14H19BrN2O3. The van der Waals surface area contributed by atoms with E-state index >= 15 is 0 Å². The first-order valence-corrected chi connectivity index (χ1v) is 7.37. The average molecular weight is 343 g/mol. The molecule has 1 amide bonds. The molecule has 6 heteroatoms. The fourth-order valence-electron chi connectivity index (χ4n) is 2.06. The second-order valence-corrected chi connectivity index (χ2v) is 5.58. The molecule has 0 unspecified atom stereocenters. The van der Waals surface area contributed by atoms with E-state index in [1.807, 2.05) is 18.2 Å². The van der Waals surface area contributed by atoms with Crippen LogP contribution in [0.15, 0.2) is 22.7 Å². The fraction of sp³-hybridized carbons (Fsp3) is 0.500. The van der Waals surface area contributed by atoms with Crippen LogP contribution in [-0.2, 0) is 16.1 Å². The fourth-order valence-corrected chi connectivity index (χ4v) is 2.58. The van der Waals surface area contributed by atoms with Gasteiger partial charge in [0.25, 0.3) is 0 Å². The summed E-state index contributed by atoms with van der Waals surface area (Å²) in [5.41, 5.74) is 1.01. The summed E-state index contributed by atoms with van der Waals surface area (Å²) in [7, 11) is 1.63. The predicted molar refractivity (Wildman–Crippen MR) is 79.8 cm³/mol. The molecule has 1 aliphatic heterocycles. The number of carbonyl (C=O) groups excluding carboxylic acids is 1. The van der Waals surface area contributed by atoms with Gasteiger partial charge in [0.15, 0.2) is 0 Å². The summed E-state index contributed by atoms with van der Waals surface area (Å²) >= 11 is 3.43. The number of rotatable bonds is 5. The third-order valence-corrected chi connectivity index (χ3v) is 3.59. The monoisotopic (exact) mass is 342 g/mol. The van der Waals surface area contributed by atoms with Crippen molar-refractivity contribution in [2.24, 2.45) is 0 Å². The molecule has 1 aliphatic rings. The summed E-state index contributed by atoms with van der Waals surface area (Å²) in [5.74, 6) is 0.808. The number of hydrogen-bond donors (Lipinski definition) is 1. The zero-order valence-electron chi connectivity index (χ0n) is 11.5. The van der Waals surface area contributed by atoms with Gasteiger partial charge in [0.1, 0.15) is 5.75 Å². The third kappa shape index (κ3) is 4.77. The number of halogens is 1. The van der Waals surface area contributed by atoms with Crippen LogP contribution in [0.1, 0.15) is 5.56 Å². The minimum absolute atomic E-state index is 0.0332. The Balaban J connectivity index is 1.81. The molecule has 1 heterocycles. The summed E-state index contributed by atoms with van der Waals surface area (Å²) in [6.07, 6.45) is 0. The van der Waals surface area contributed by atoms with Crippen LogP contribution in [0.2, 0.25) is 0 Å². The Morgan fingerprint density at radius 2 is 2.15 bits per heavy atom. The Kier molecular flexibility index (Phi) is 5.82. The van der Waals surface area contributed by atoms with Gasteiger partial charge in [-0.2, -0.15) is 0 Å². The van der Waals surface area contributed by atoms with Gasteiger partial charge in [-0.3, -0.25) is 9.69 Å². The van der Waals surface area contributed by atoms with Gasteiger partial charge in [-0.1, -0.05) is 15.9 Å². The maximum Gasteiger partial charge on any atom is 0.234 e. The van der Waals surface area contributed by atoms with Crippen LogP contribution in [0.3, 0.4) is 0 Å². The molecule has 1 aromatic rings. The molecule has 0 aliphatic carbocycles. The zero-order chi connectivity index (χ0) is 14.4. The Bertz CT molecular complexity index is 462. The summed E-state index contributed by atoms with van der Waals surface area (Å²) in [6.45, 7) is 3.97. The van der Waals surface area contributed by atoms with Crippen LogP contribution in [0.5, 0.6) is 5.75 Å². The highest BCUT2D eigenvalue weighted by Gasteiger charge is 2.13. The van der Waals surface area contributed by atoms with Crippen LogP contribution < -0.4 is 10.1 Å². The smallest absolute Gasteiger partial charge is 0.234 e. The van der Waals surface area contributed by atoms with Gasteiger partial charge in [0, 0.05) is 24.1 Å². The Hall–Kier alpha value is -1.11. The minimum atomic E-state index is 0.0332. The molecule has 1 aromatic carbocycles. The van der Waals surface area contributed by atoms with Crippen molar-refractivity contribution in [1.29, 1.82) is 0 Å². The number of nitrogens with one attached hydrogen (secondary N) is 1. The van der Waals surface area contributed by atoms with Gasteiger partial charge in [0.2, 0.25) is 5.91 Å². The zero-order valence-corrected chi connectivity index (χ0v) is 13.1. The lowest BCUT2D eigenvalue weighted by Crippen LogP contribution is -2.43. The Labute approximate surface area is 127 Å². The van der Waals surface area contributed by atoms with Crippen molar-refractivity contribution >= 4 is 21.8 Å². The normalized spacial score (nSPS) is 15.9. The number of benzene rings is 1. The number of methoxy groups -OCH3 is 1. The molecule has 0 spiro atoms. The summed E-state index contributed by atoms with van der Waals surface area (Å²) in [6, 6.07) is 5.77. The van der Waals surface area contributed by atoms with E-state index < -0.39 is 0 Å². The standard InChI is InChI=1S/C14H19BrN2O3/c1-19-13-7-11(6-12(15)8-13)9-16-14(18)10-17-2-4-20-5-3-17/h6-8H,2-5,9-10H2,1H3,(H,16,18). The lowest BCUT2D eigenvalue weighted by molar-refractivity contribution is -0.123. The number of carbonyl (C=O) groups is 1. The van der Waals surface area contributed by atoms with Crippen LogP contribution >= 0.6 is 15.9 Å².